The fraction of sp³-hybridized carbons (Fsp3) is 0.692. The number of alkyl carbamates (subject to hydrolysis) is 1. The Morgan fingerprint density at radius 2 is 2.05 bits per heavy atom. The Morgan fingerprint density at radius 3 is 2.47 bits per heavy atom. The molecule has 0 aliphatic heterocycles. The summed E-state index contributed by atoms with van der Waals surface area (Å²) in [6, 6.07) is 0. The van der Waals surface area contributed by atoms with Gasteiger partial charge in [-0.05, 0) is 38.6 Å². The third-order valence-electron chi connectivity index (χ3n) is 2.87. The largest absolute Gasteiger partial charge is 0.467 e. The summed E-state index contributed by atoms with van der Waals surface area (Å²) in [5.74, 6) is -0.442. The molecule has 1 unspecified atom stereocenters. The van der Waals surface area contributed by atoms with E-state index in [9.17, 15) is 9.59 Å². The Hall–Kier alpha value is -1.04. The summed E-state index contributed by atoms with van der Waals surface area (Å²) in [7, 11) is 1.32. The summed E-state index contributed by atoms with van der Waals surface area (Å²) in [5.41, 5.74) is -0.563. The van der Waals surface area contributed by atoms with E-state index in [0.29, 0.717) is 12.8 Å². The molecule has 1 rings (SSSR count). The van der Waals surface area contributed by atoms with Crippen LogP contribution in [0.1, 0.15) is 40.0 Å². The lowest BCUT2D eigenvalue weighted by atomic mass is 9.98. The molecule has 0 heterocycles. The van der Waals surface area contributed by atoms with Crippen molar-refractivity contribution in [2.45, 2.75) is 51.2 Å². The van der Waals surface area contributed by atoms with E-state index in [1.54, 1.807) is 25.8 Å². The minimum absolute atomic E-state index is 0.435. The molecule has 19 heavy (non-hydrogen) atoms. The van der Waals surface area contributed by atoms with Crippen molar-refractivity contribution in [3.8, 4) is 0 Å². The number of halogens is 1. The number of hydrogen-bond donors (Lipinski definition) is 1. The smallest absolute Gasteiger partial charge is 0.408 e. The maximum Gasteiger partial charge on any atom is 0.408 e. The minimum Gasteiger partial charge on any atom is -0.467 e. The Balaban J connectivity index is 2.83. The molecule has 0 aromatic rings. The molecule has 0 aromatic carbocycles. The van der Waals surface area contributed by atoms with Crippen LogP contribution in [0.15, 0.2) is 10.6 Å². The summed E-state index contributed by atoms with van der Waals surface area (Å²) in [6.45, 7) is 5.32. The highest BCUT2D eigenvalue weighted by atomic mass is 79.9. The maximum absolute atomic E-state index is 12.0. The molecule has 1 saturated carbocycles. The molecule has 1 amide bonds. The minimum atomic E-state index is -1.02. The van der Waals surface area contributed by atoms with Crippen molar-refractivity contribution in [1.82, 2.24) is 5.32 Å². The lowest BCUT2D eigenvalue weighted by Gasteiger charge is -2.29. The molecule has 1 aliphatic carbocycles. The number of nitrogens with one attached hydrogen (secondary N) is 1. The van der Waals surface area contributed by atoms with Gasteiger partial charge in [-0.3, -0.25) is 0 Å². The van der Waals surface area contributed by atoms with E-state index in [-0.39, 0.29) is 0 Å². The van der Waals surface area contributed by atoms with Crippen molar-refractivity contribution in [1.29, 1.82) is 0 Å². The van der Waals surface area contributed by atoms with Gasteiger partial charge in [0.2, 0.25) is 0 Å². The summed E-state index contributed by atoms with van der Waals surface area (Å²) in [6.07, 6.45) is 1.07. The molecular weight excluding hydrogens is 314 g/mol. The third kappa shape index (κ3) is 4.23. The predicted octanol–water partition coefficient (Wildman–Crippen LogP) is 2.89. The molecule has 6 heteroatoms. The summed E-state index contributed by atoms with van der Waals surface area (Å²) >= 11 is 3.26. The normalized spacial score (nSPS) is 25.2. The van der Waals surface area contributed by atoms with Gasteiger partial charge >= 0.3 is 12.1 Å². The number of ether oxygens (including phenoxy) is 2. The SMILES string of the molecule is COC(=O)C1(NC(=O)OC(C)(C)C)CCC(=CBr)C1. The van der Waals surface area contributed by atoms with Crippen LogP contribution in [0, 0.1) is 0 Å². The second-order valence-corrected chi connectivity index (χ2v) is 6.10. The van der Waals surface area contributed by atoms with Crippen molar-refractivity contribution < 1.29 is 19.1 Å². The van der Waals surface area contributed by atoms with Crippen LogP contribution in [-0.2, 0) is 14.3 Å². The second kappa shape index (κ2) is 5.94. The van der Waals surface area contributed by atoms with Crippen LogP contribution < -0.4 is 5.32 Å². The van der Waals surface area contributed by atoms with E-state index in [1.165, 1.54) is 7.11 Å². The molecular formula is C13H20BrNO4. The molecule has 0 radical (unpaired) electrons. The Kier molecular flexibility index (Phi) is 5.01. The van der Waals surface area contributed by atoms with Crippen molar-refractivity contribution in [3.63, 3.8) is 0 Å². The average Bonchev–Trinajstić information content (AvgIpc) is 2.70. The van der Waals surface area contributed by atoms with Gasteiger partial charge in [-0.25, -0.2) is 9.59 Å². The summed E-state index contributed by atoms with van der Waals surface area (Å²) in [5, 5.41) is 2.67. The van der Waals surface area contributed by atoms with Crippen LogP contribution in [-0.4, -0.2) is 30.3 Å². The van der Waals surface area contributed by atoms with Crippen molar-refractivity contribution >= 4 is 28.0 Å². The summed E-state index contributed by atoms with van der Waals surface area (Å²) in [4.78, 5) is 25.6. The van der Waals surface area contributed by atoms with E-state index in [0.717, 1.165) is 12.0 Å². The van der Waals surface area contributed by atoms with Crippen LogP contribution in [0.25, 0.3) is 0 Å². The molecule has 108 valence electrons. The number of rotatable bonds is 2. The first-order valence-electron chi connectivity index (χ1n) is 6.10. The molecule has 0 spiro atoms. The number of methoxy groups -OCH3 is 1. The monoisotopic (exact) mass is 333 g/mol. The zero-order valence-corrected chi connectivity index (χ0v) is 13.3. The highest BCUT2D eigenvalue weighted by molar-refractivity contribution is 9.11. The molecule has 0 saturated heterocycles. The van der Waals surface area contributed by atoms with E-state index in [4.69, 9.17) is 9.47 Å². The Labute approximate surface area is 121 Å². The molecule has 0 aromatic heterocycles. The van der Waals surface area contributed by atoms with Crippen molar-refractivity contribution in [3.05, 3.63) is 10.6 Å². The van der Waals surface area contributed by atoms with Crippen LogP contribution in [0.2, 0.25) is 0 Å². The zero-order valence-electron chi connectivity index (χ0n) is 11.7. The average molecular weight is 334 g/mol. The molecule has 1 fully saturated rings. The quantitative estimate of drug-likeness (QED) is 0.789. The number of carbonyl (C=O) groups is 2. The highest BCUT2D eigenvalue weighted by Gasteiger charge is 2.46. The third-order valence-corrected chi connectivity index (χ3v) is 3.52. The lowest BCUT2D eigenvalue weighted by Crippen LogP contribution is -2.54. The topological polar surface area (TPSA) is 64.6 Å². The van der Waals surface area contributed by atoms with Crippen LogP contribution in [0.5, 0.6) is 0 Å². The first-order valence-corrected chi connectivity index (χ1v) is 7.02. The maximum atomic E-state index is 12.0. The molecule has 5 nitrogen and oxygen atoms in total. The van der Waals surface area contributed by atoms with Gasteiger partial charge < -0.3 is 14.8 Å². The zero-order chi connectivity index (χ0) is 14.7. The van der Waals surface area contributed by atoms with Gasteiger partial charge in [0.25, 0.3) is 0 Å². The van der Waals surface area contributed by atoms with Gasteiger partial charge in [-0.1, -0.05) is 21.5 Å². The van der Waals surface area contributed by atoms with E-state index < -0.39 is 23.2 Å². The first-order chi connectivity index (χ1) is 8.72. The number of hydrogen-bond acceptors (Lipinski definition) is 4. The Bertz CT molecular complexity index is 400. The van der Waals surface area contributed by atoms with Crippen molar-refractivity contribution in [2.75, 3.05) is 7.11 Å². The predicted molar refractivity (Wildman–Crippen MR) is 75.0 cm³/mol. The number of carbonyl (C=O) groups excluding carboxylic acids is 2. The van der Waals surface area contributed by atoms with Crippen LogP contribution >= 0.6 is 15.9 Å². The van der Waals surface area contributed by atoms with E-state index in [1.807, 2.05) is 0 Å². The lowest BCUT2D eigenvalue weighted by molar-refractivity contribution is -0.148. The second-order valence-electron chi connectivity index (χ2n) is 5.64. The summed E-state index contributed by atoms with van der Waals surface area (Å²) < 4.78 is 10.0. The van der Waals surface area contributed by atoms with E-state index in [2.05, 4.69) is 21.2 Å². The number of amides is 1. The standard InChI is InChI=1S/C13H20BrNO4/c1-12(2,3)19-11(17)15-13(10(16)18-4)6-5-9(7-13)8-14/h8H,5-7H2,1-4H3,(H,15,17). The van der Waals surface area contributed by atoms with Gasteiger partial charge in [-0.2, -0.15) is 0 Å². The van der Waals surface area contributed by atoms with Crippen molar-refractivity contribution in [2.24, 2.45) is 0 Å². The molecule has 0 bridgehead atoms. The van der Waals surface area contributed by atoms with Gasteiger partial charge in [0.05, 0.1) is 7.11 Å². The van der Waals surface area contributed by atoms with E-state index >= 15 is 0 Å². The molecule has 1 atom stereocenters. The number of esters is 1. The molecule has 1 aliphatic rings. The van der Waals surface area contributed by atoms with Gasteiger partial charge in [0, 0.05) is 6.42 Å². The molecule has 1 N–H and O–H groups in total. The van der Waals surface area contributed by atoms with Crippen LogP contribution in [0.4, 0.5) is 4.79 Å². The van der Waals surface area contributed by atoms with Gasteiger partial charge in [0.1, 0.15) is 11.1 Å². The fourth-order valence-electron chi connectivity index (χ4n) is 2.06. The van der Waals surface area contributed by atoms with Crippen LogP contribution in [0.3, 0.4) is 0 Å². The fourth-order valence-corrected chi connectivity index (χ4v) is 2.45. The van der Waals surface area contributed by atoms with Gasteiger partial charge in [0.15, 0.2) is 0 Å². The Morgan fingerprint density at radius 1 is 1.42 bits per heavy atom. The van der Waals surface area contributed by atoms with Gasteiger partial charge in [-0.15, -0.1) is 0 Å². The highest BCUT2D eigenvalue weighted by Crippen LogP contribution is 2.36. The first kappa shape index (κ1) is 16.0.